The third kappa shape index (κ3) is 3.18. The Morgan fingerprint density at radius 3 is 2.70 bits per heavy atom. The number of hydrogen-bond donors (Lipinski definition) is 2. The van der Waals surface area contributed by atoms with Crippen molar-refractivity contribution < 1.29 is 14.4 Å². The molecule has 4 rings (SSSR count). The highest BCUT2D eigenvalue weighted by molar-refractivity contribution is 6.05. The van der Waals surface area contributed by atoms with Gasteiger partial charge in [-0.05, 0) is 41.7 Å². The molecule has 0 saturated carbocycles. The van der Waals surface area contributed by atoms with Gasteiger partial charge in [-0.2, -0.15) is 5.26 Å². The van der Waals surface area contributed by atoms with Crippen molar-refractivity contribution in [2.45, 2.75) is 45.2 Å². The number of amides is 3. The second-order valence-corrected chi connectivity index (χ2v) is 7.90. The second kappa shape index (κ2) is 7.26. The van der Waals surface area contributed by atoms with Crippen LogP contribution in [0.3, 0.4) is 0 Å². The van der Waals surface area contributed by atoms with Crippen LogP contribution in [0.4, 0.5) is 5.82 Å². The number of piperidine rings is 1. The molecular weight excluding hydrogens is 382 g/mol. The number of hydrogen-bond acceptors (Lipinski definition) is 6. The fourth-order valence-electron chi connectivity index (χ4n) is 4.09. The minimum absolute atomic E-state index is 0.0997. The van der Waals surface area contributed by atoms with E-state index in [-0.39, 0.29) is 30.7 Å². The number of nitriles is 1. The maximum atomic E-state index is 12.9. The van der Waals surface area contributed by atoms with Crippen LogP contribution in [-0.2, 0) is 16.1 Å². The van der Waals surface area contributed by atoms with Gasteiger partial charge in [-0.25, -0.2) is 4.98 Å². The molecule has 8 nitrogen and oxygen atoms in total. The molecule has 0 spiro atoms. The molecule has 1 aromatic carbocycles. The van der Waals surface area contributed by atoms with E-state index in [9.17, 15) is 19.6 Å². The molecule has 3 amide bonds. The highest BCUT2D eigenvalue weighted by Gasteiger charge is 2.39. The molecule has 1 fully saturated rings. The van der Waals surface area contributed by atoms with Gasteiger partial charge in [0.05, 0.1) is 11.3 Å². The average molecular weight is 403 g/mol. The summed E-state index contributed by atoms with van der Waals surface area (Å²) in [7, 11) is 0. The molecule has 0 radical (unpaired) electrons. The first-order valence-electron chi connectivity index (χ1n) is 9.78. The van der Waals surface area contributed by atoms with Crippen molar-refractivity contribution >= 4 is 23.5 Å². The lowest BCUT2D eigenvalue weighted by Crippen LogP contribution is -2.52. The van der Waals surface area contributed by atoms with Crippen LogP contribution in [0.2, 0.25) is 0 Å². The van der Waals surface area contributed by atoms with Crippen LogP contribution >= 0.6 is 0 Å². The Balaban J connectivity index is 1.72. The normalized spacial score (nSPS) is 18.4. The number of nitrogens with two attached hydrogens (primary N) is 1. The van der Waals surface area contributed by atoms with Gasteiger partial charge in [0.1, 0.15) is 17.9 Å². The smallest absolute Gasteiger partial charge is 0.255 e. The number of nitrogens with one attached hydrogen (secondary N) is 1. The summed E-state index contributed by atoms with van der Waals surface area (Å²) in [6.07, 6.45) is 0.517. The van der Waals surface area contributed by atoms with Gasteiger partial charge in [-0.3, -0.25) is 19.7 Å². The summed E-state index contributed by atoms with van der Waals surface area (Å²) in [4.78, 5) is 42.4. The summed E-state index contributed by atoms with van der Waals surface area (Å²) in [6, 6.07) is 8.55. The van der Waals surface area contributed by atoms with Crippen molar-refractivity contribution in [1.82, 2.24) is 15.2 Å². The minimum atomic E-state index is -0.668. The van der Waals surface area contributed by atoms with Gasteiger partial charge in [0, 0.05) is 24.1 Å². The number of carbonyl (C=O) groups excluding carboxylic acids is 3. The monoisotopic (exact) mass is 403 g/mol. The number of fused-ring (bicyclic) bond motifs is 1. The lowest BCUT2D eigenvalue weighted by atomic mass is 9.93. The maximum absolute atomic E-state index is 12.9. The number of nitrogens with zero attached hydrogens (tertiary/aromatic N) is 3. The molecule has 1 unspecified atom stereocenters. The summed E-state index contributed by atoms with van der Waals surface area (Å²) in [6.45, 7) is 4.23. The predicted molar refractivity (Wildman–Crippen MR) is 109 cm³/mol. The Labute approximate surface area is 173 Å². The van der Waals surface area contributed by atoms with Crippen molar-refractivity contribution in [3.63, 3.8) is 0 Å². The molecule has 1 saturated heterocycles. The minimum Gasteiger partial charge on any atom is -0.384 e. The van der Waals surface area contributed by atoms with Crippen LogP contribution in [0, 0.1) is 11.3 Å². The molecule has 2 aromatic rings. The SMILES string of the molecule is CC(C)c1cc(N)nc(-c2ccc3c(c2)CN(C2CCC(=O)NC2=O)C3=O)c1C#N. The zero-order chi connectivity index (χ0) is 21.6. The maximum Gasteiger partial charge on any atom is 0.255 e. The van der Waals surface area contributed by atoms with Crippen molar-refractivity contribution in [3.8, 4) is 17.3 Å². The largest absolute Gasteiger partial charge is 0.384 e. The number of aromatic nitrogens is 1. The van der Waals surface area contributed by atoms with E-state index in [0.717, 1.165) is 11.1 Å². The van der Waals surface area contributed by atoms with Gasteiger partial charge < -0.3 is 10.6 Å². The van der Waals surface area contributed by atoms with E-state index in [4.69, 9.17) is 5.73 Å². The lowest BCUT2D eigenvalue weighted by Gasteiger charge is -2.29. The number of benzene rings is 1. The van der Waals surface area contributed by atoms with Crippen molar-refractivity contribution in [2.75, 3.05) is 5.73 Å². The van der Waals surface area contributed by atoms with Gasteiger partial charge >= 0.3 is 0 Å². The van der Waals surface area contributed by atoms with Gasteiger partial charge in [-0.1, -0.05) is 19.9 Å². The molecule has 0 bridgehead atoms. The van der Waals surface area contributed by atoms with E-state index < -0.39 is 11.9 Å². The van der Waals surface area contributed by atoms with Gasteiger partial charge in [0.25, 0.3) is 5.91 Å². The third-order valence-electron chi connectivity index (χ3n) is 5.60. The Kier molecular flexibility index (Phi) is 4.74. The van der Waals surface area contributed by atoms with Crippen LogP contribution in [0.15, 0.2) is 24.3 Å². The summed E-state index contributed by atoms with van der Waals surface area (Å²) in [5, 5.41) is 12.0. The topological polar surface area (TPSA) is 129 Å². The molecule has 1 aromatic heterocycles. The average Bonchev–Trinajstić information content (AvgIpc) is 3.03. The number of anilines is 1. The van der Waals surface area contributed by atoms with Gasteiger partial charge in [0.2, 0.25) is 11.8 Å². The van der Waals surface area contributed by atoms with E-state index >= 15 is 0 Å². The summed E-state index contributed by atoms with van der Waals surface area (Å²) in [5.74, 6) is -0.578. The summed E-state index contributed by atoms with van der Waals surface area (Å²) >= 11 is 0. The second-order valence-electron chi connectivity index (χ2n) is 7.90. The molecule has 2 aliphatic rings. The molecule has 1 atom stereocenters. The molecule has 152 valence electrons. The molecule has 30 heavy (non-hydrogen) atoms. The number of rotatable bonds is 3. The van der Waals surface area contributed by atoms with Crippen molar-refractivity contribution in [2.24, 2.45) is 0 Å². The summed E-state index contributed by atoms with van der Waals surface area (Å²) < 4.78 is 0. The zero-order valence-corrected chi connectivity index (χ0v) is 16.7. The quantitative estimate of drug-likeness (QED) is 0.755. The Bertz CT molecular complexity index is 1130. The molecular formula is C22H21N5O3. The number of nitrogen functional groups attached to an aromatic ring is 1. The van der Waals surface area contributed by atoms with Gasteiger partial charge in [-0.15, -0.1) is 0 Å². The standard InChI is InChI=1S/C22H21N5O3/c1-11(2)15-8-18(24)25-20(16(15)9-23)12-3-4-14-13(7-12)10-27(22(14)30)17-5-6-19(28)26-21(17)29/h3-4,7-8,11,17H,5-6,10H2,1-2H3,(H2,24,25)(H,26,28,29). The molecule has 3 N–H and O–H groups in total. The number of imide groups is 1. The van der Waals surface area contributed by atoms with E-state index in [0.29, 0.717) is 34.6 Å². The van der Waals surface area contributed by atoms with Crippen LogP contribution in [0.5, 0.6) is 0 Å². The fourth-order valence-corrected chi connectivity index (χ4v) is 4.09. The van der Waals surface area contributed by atoms with Crippen LogP contribution in [-0.4, -0.2) is 33.6 Å². The number of pyridine rings is 1. The number of carbonyl (C=O) groups is 3. The van der Waals surface area contributed by atoms with Gasteiger partial charge in [0.15, 0.2) is 0 Å². The molecule has 0 aliphatic carbocycles. The third-order valence-corrected chi connectivity index (χ3v) is 5.60. The van der Waals surface area contributed by atoms with Crippen LogP contribution < -0.4 is 11.1 Å². The van der Waals surface area contributed by atoms with Crippen molar-refractivity contribution in [3.05, 3.63) is 46.5 Å². The van der Waals surface area contributed by atoms with E-state index in [2.05, 4.69) is 16.4 Å². The van der Waals surface area contributed by atoms with E-state index in [1.165, 1.54) is 4.90 Å². The highest BCUT2D eigenvalue weighted by atomic mass is 16.2. The predicted octanol–water partition coefficient (Wildman–Crippen LogP) is 2.09. The van der Waals surface area contributed by atoms with Crippen LogP contribution in [0.1, 0.15) is 59.7 Å². The Morgan fingerprint density at radius 2 is 2.03 bits per heavy atom. The van der Waals surface area contributed by atoms with Crippen molar-refractivity contribution in [1.29, 1.82) is 5.26 Å². The van der Waals surface area contributed by atoms with E-state index in [1.54, 1.807) is 18.2 Å². The molecule has 2 aliphatic heterocycles. The van der Waals surface area contributed by atoms with Crippen LogP contribution in [0.25, 0.3) is 11.3 Å². The first-order valence-corrected chi connectivity index (χ1v) is 9.78. The summed E-state index contributed by atoms with van der Waals surface area (Å²) in [5.41, 5.74) is 9.70. The molecule has 3 heterocycles. The first kappa shape index (κ1) is 19.6. The Morgan fingerprint density at radius 1 is 1.27 bits per heavy atom. The van der Waals surface area contributed by atoms with E-state index in [1.807, 2.05) is 19.9 Å². The fraction of sp³-hybridized carbons (Fsp3) is 0.318. The zero-order valence-electron chi connectivity index (χ0n) is 16.7. The highest BCUT2D eigenvalue weighted by Crippen LogP contribution is 2.34. The Hall–Kier alpha value is -3.73. The lowest BCUT2D eigenvalue weighted by molar-refractivity contribution is -0.136. The first-order chi connectivity index (χ1) is 14.3. The molecule has 8 heteroatoms.